The summed E-state index contributed by atoms with van der Waals surface area (Å²) < 4.78 is 22.8. The highest BCUT2D eigenvalue weighted by molar-refractivity contribution is 4.83. The summed E-state index contributed by atoms with van der Waals surface area (Å²) >= 11 is 0. The quantitative estimate of drug-likeness (QED) is 0.798. The van der Waals surface area contributed by atoms with Gasteiger partial charge in [0.05, 0.1) is 25.9 Å². The van der Waals surface area contributed by atoms with Gasteiger partial charge in [-0.25, -0.2) is 0 Å². The van der Waals surface area contributed by atoms with Crippen molar-refractivity contribution in [1.82, 2.24) is 0 Å². The van der Waals surface area contributed by atoms with Gasteiger partial charge in [0.2, 0.25) is 0 Å². The van der Waals surface area contributed by atoms with Crippen LogP contribution >= 0.6 is 0 Å². The number of rotatable bonds is 3. The molecule has 118 valence electrons. The highest BCUT2D eigenvalue weighted by Crippen LogP contribution is 2.36. The average molecular weight is 286 g/mol. The Labute approximate surface area is 123 Å². The van der Waals surface area contributed by atoms with E-state index in [0.29, 0.717) is 12.7 Å². The fourth-order valence-electron chi connectivity index (χ4n) is 2.80. The first kappa shape index (κ1) is 16.2. The summed E-state index contributed by atoms with van der Waals surface area (Å²) in [4.78, 5) is 0. The SMILES string of the molecule is CC(C)(C)C1COC(CC(C)(C)C2CCOCO2)OC1. The molecule has 0 aromatic carbocycles. The zero-order valence-corrected chi connectivity index (χ0v) is 13.6. The predicted molar refractivity (Wildman–Crippen MR) is 77.3 cm³/mol. The Morgan fingerprint density at radius 3 is 2.10 bits per heavy atom. The standard InChI is InChI=1S/C16H30O4/c1-15(2,3)12-9-18-14(19-10-12)8-16(4,5)13-6-7-17-11-20-13/h12-14H,6-11H2,1-5H3. The van der Waals surface area contributed by atoms with Gasteiger partial charge >= 0.3 is 0 Å². The van der Waals surface area contributed by atoms with Gasteiger partial charge in [0.15, 0.2) is 6.29 Å². The van der Waals surface area contributed by atoms with Crippen molar-refractivity contribution in [3.05, 3.63) is 0 Å². The number of hydrogen-bond donors (Lipinski definition) is 0. The van der Waals surface area contributed by atoms with Gasteiger partial charge in [0, 0.05) is 12.3 Å². The maximum atomic E-state index is 5.93. The second kappa shape index (κ2) is 6.30. The maximum absolute atomic E-state index is 5.93. The van der Waals surface area contributed by atoms with E-state index < -0.39 is 0 Å². The molecule has 2 fully saturated rings. The van der Waals surface area contributed by atoms with Gasteiger partial charge in [-0.2, -0.15) is 0 Å². The largest absolute Gasteiger partial charge is 0.355 e. The lowest BCUT2D eigenvalue weighted by Gasteiger charge is -2.42. The third-order valence-electron chi connectivity index (χ3n) is 4.63. The van der Waals surface area contributed by atoms with Gasteiger partial charge < -0.3 is 18.9 Å². The Bertz CT molecular complexity index is 294. The maximum Gasteiger partial charge on any atom is 0.158 e. The fraction of sp³-hybridized carbons (Fsp3) is 1.00. The van der Waals surface area contributed by atoms with Crippen molar-refractivity contribution in [3.8, 4) is 0 Å². The summed E-state index contributed by atoms with van der Waals surface area (Å²) in [7, 11) is 0. The lowest BCUT2D eigenvalue weighted by Crippen LogP contribution is -2.44. The van der Waals surface area contributed by atoms with Crippen LogP contribution in [0.4, 0.5) is 0 Å². The molecule has 2 saturated heterocycles. The first-order chi connectivity index (χ1) is 9.29. The fourth-order valence-corrected chi connectivity index (χ4v) is 2.80. The van der Waals surface area contributed by atoms with Crippen molar-refractivity contribution in [1.29, 1.82) is 0 Å². The summed E-state index contributed by atoms with van der Waals surface area (Å²) in [6, 6.07) is 0. The topological polar surface area (TPSA) is 36.9 Å². The Kier molecular flexibility index (Phi) is 5.11. The van der Waals surface area contributed by atoms with Crippen LogP contribution < -0.4 is 0 Å². The van der Waals surface area contributed by atoms with Crippen LogP contribution in [-0.4, -0.2) is 39.0 Å². The summed E-state index contributed by atoms with van der Waals surface area (Å²) in [5.41, 5.74) is 0.285. The molecule has 0 N–H and O–H groups in total. The Hall–Kier alpha value is -0.160. The van der Waals surface area contributed by atoms with Crippen molar-refractivity contribution in [3.63, 3.8) is 0 Å². The second-order valence-electron chi connectivity index (χ2n) is 7.82. The van der Waals surface area contributed by atoms with E-state index in [-0.39, 0.29) is 23.2 Å². The molecule has 2 rings (SSSR count). The van der Waals surface area contributed by atoms with Gasteiger partial charge in [-0.3, -0.25) is 0 Å². The highest BCUT2D eigenvalue weighted by atomic mass is 16.7. The number of hydrogen-bond acceptors (Lipinski definition) is 4. The molecule has 2 heterocycles. The Morgan fingerprint density at radius 2 is 1.60 bits per heavy atom. The third-order valence-corrected chi connectivity index (χ3v) is 4.63. The molecule has 2 aliphatic heterocycles. The van der Waals surface area contributed by atoms with E-state index >= 15 is 0 Å². The van der Waals surface area contributed by atoms with Crippen molar-refractivity contribution >= 4 is 0 Å². The average Bonchev–Trinajstić information content (AvgIpc) is 2.39. The molecule has 0 saturated carbocycles. The first-order valence-corrected chi connectivity index (χ1v) is 7.71. The minimum Gasteiger partial charge on any atom is -0.355 e. The first-order valence-electron chi connectivity index (χ1n) is 7.71. The van der Waals surface area contributed by atoms with E-state index in [4.69, 9.17) is 18.9 Å². The minimum atomic E-state index is -0.102. The Morgan fingerprint density at radius 1 is 0.950 bits per heavy atom. The third kappa shape index (κ3) is 4.17. The van der Waals surface area contributed by atoms with Gasteiger partial charge in [0.25, 0.3) is 0 Å². The Balaban J connectivity index is 1.82. The van der Waals surface area contributed by atoms with Crippen LogP contribution in [0.25, 0.3) is 0 Å². The molecule has 0 bridgehead atoms. The van der Waals surface area contributed by atoms with Crippen LogP contribution in [0.5, 0.6) is 0 Å². The molecule has 0 aliphatic carbocycles. The molecule has 4 nitrogen and oxygen atoms in total. The number of ether oxygens (including phenoxy) is 4. The van der Waals surface area contributed by atoms with Crippen molar-refractivity contribution in [2.45, 2.75) is 59.9 Å². The van der Waals surface area contributed by atoms with Gasteiger partial charge in [-0.15, -0.1) is 0 Å². The summed E-state index contributed by atoms with van der Waals surface area (Å²) in [6.45, 7) is 14.0. The molecule has 0 spiro atoms. The lowest BCUT2D eigenvalue weighted by atomic mass is 9.79. The monoisotopic (exact) mass is 286 g/mol. The normalized spacial score (nSPS) is 33.1. The smallest absolute Gasteiger partial charge is 0.158 e. The molecule has 0 aromatic heterocycles. The molecule has 0 radical (unpaired) electrons. The highest BCUT2D eigenvalue weighted by Gasteiger charge is 2.38. The lowest BCUT2D eigenvalue weighted by molar-refractivity contribution is -0.240. The molecule has 1 unspecified atom stereocenters. The molecular formula is C16H30O4. The zero-order chi connectivity index (χ0) is 14.8. The molecule has 2 aliphatic rings. The summed E-state index contributed by atoms with van der Waals surface area (Å²) in [5, 5.41) is 0. The van der Waals surface area contributed by atoms with E-state index in [1.807, 2.05) is 0 Å². The van der Waals surface area contributed by atoms with Crippen LogP contribution in [0.2, 0.25) is 0 Å². The van der Waals surface area contributed by atoms with Crippen molar-refractivity contribution in [2.24, 2.45) is 16.7 Å². The minimum absolute atomic E-state index is 0.0447. The zero-order valence-electron chi connectivity index (χ0n) is 13.6. The molecule has 0 aromatic rings. The van der Waals surface area contributed by atoms with Crippen molar-refractivity contribution in [2.75, 3.05) is 26.6 Å². The van der Waals surface area contributed by atoms with Gasteiger partial charge in [0.1, 0.15) is 6.79 Å². The second-order valence-corrected chi connectivity index (χ2v) is 7.82. The van der Waals surface area contributed by atoms with Crippen LogP contribution in [0.15, 0.2) is 0 Å². The molecular weight excluding hydrogens is 256 g/mol. The van der Waals surface area contributed by atoms with Crippen LogP contribution in [0.3, 0.4) is 0 Å². The van der Waals surface area contributed by atoms with E-state index in [9.17, 15) is 0 Å². The summed E-state index contributed by atoms with van der Waals surface area (Å²) in [5.74, 6) is 0.473. The van der Waals surface area contributed by atoms with Crippen LogP contribution in [0.1, 0.15) is 47.5 Å². The molecule has 0 amide bonds. The van der Waals surface area contributed by atoms with Crippen LogP contribution in [-0.2, 0) is 18.9 Å². The van der Waals surface area contributed by atoms with Gasteiger partial charge in [-0.05, 0) is 17.3 Å². The molecule has 4 heteroatoms. The van der Waals surface area contributed by atoms with E-state index in [1.165, 1.54) is 0 Å². The summed E-state index contributed by atoms with van der Waals surface area (Å²) in [6.07, 6.45) is 1.94. The van der Waals surface area contributed by atoms with E-state index in [1.54, 1.807) is 0 Å². The molecule has 1 atom stereocenters. The molecule has 20 heavy (non-hydrogen) atoms. The van der Waals surface area contributed by atoms with Gasteiger partial charge in [-0.1, -0.05) is 34.6 Å². The van der Waals surface area contributed by atoms with E-state index in [2.05, 4.69) is 34.6 Å². The van der Waals surface area contributed by atoms with E-state index in [0.717, 1.165) is 32.7 Å². The van der Waals surface area contributed by atoms with Crippen molar-refractivity contribution < 1.29 is 18.9 Å². The predicted octanol–water partition coefficient (Wildman–Crippen LogP) is 3.20. The van der Waals surface area contributed by atoms with Crippen LogP contribution in [0, 0.1) is 16.7 Å².